The normalized spacial score (nSPS) is 11.6. The van der Waals surface area contributed by atoms with Crippen molar-refractivity contribution >= 4 is 23.6 Å². The molecule has 0 saturated heterocycles. The summed E-state index contributed by atoms with van der Waals surface area (Å²) in [5, 5.41) is 2.72. The average Bonchev–Trinajstić information content (AvgIpc) is 2.65. The molecular formula is C22H23NO4. The molecule has 0 aliphatic rings. The lowest BCUT2D eigenvalue weighted by atomic mass is 10.2. The highest BCUT2D eigenvalue weighted by molar-refractivity contribution is 5.96. The van der Waals surface area contributed by atoms with Crippen LogP contribution in [0.5, 0.6) is 5.75 Å². The van der Waals surface area contributed by atoms with Crippen LogP contribution in [0.25, 0.3) is 6.08 Å². The molecule has 0 spiro atoms. The Bertz CT molecular complexity index is 824. The van der Waals surface area contributed by atoms with Crippen molar-refractivity contribution in [2.45, 2.75) is 20.0 Å². The third kappa shape index (κ3) is 6.82. The minimum atomic E-state index is -0.905. The van der Waals surface area contributed by atoms with E-state index in [-0.39, 0.29) is 5.91 Å². The van der Waals surface area contributed by atoms with E-state index in [2.05, 4.69) is 11.9 Å². The van der Waals surface area contributed by atoms with Gasteiger partial charge in [0, 0.05) is 11.8 Å². The molecule has 1 amide bonds. The molecule has 2 rings (SSSR count). The number of anilines is 1. The van der Waals surface area contributed by atoms with Gasteiger partial charge in [-0.05, 0) is 55.3 Å². The lowest BCUT2D eigenvalue weighted by Crippen LogP contribution is -2.29. The molecule has 0 aromatic heterocycles. The molecule has 0 bridgehead atoms. The van der Waals surface area contributed by atoms with Gasteiger partial charge in [-0.1, -0.05) is 36.9 Å². The van der Waals surface area contributed by atoms with Crippen LogP contribution >= 0.6 is 0 Å². The number of hydrogen-bond acceptors (Lipinski definition) is 4. The molecule has 5 nitrogen and oxygen atoms in total. The number of rotatable bonds is 8. The number of aryl methyl sites for hydroxylation is 1. The quantitative estimate of drug-likeness (QED) is 0.434. The Labute approximate surface area is 159 Å². The zero-order valence-electron chi connectivity index (χ0n) is 15.5. The first-order valence-corrected chi connectivity index (χ1v) is 8.58. The second-order valence-corrected chi connectivity index (χ2v) is 5.94. The van der Waals surface area contributed by atoms with Crippen molar-refractivity contribution < 1.29 is 19.1 Å². The van der Waals surface area contributed by atoms with Crippen LogP contribution in [-0.4, -0.2) is 24.6 Å². The van der Waals surface area contributed by atoms with Crippen LogP contribution in [0.15, 0.2) is 67.3 Å². The van der Waals surface area contributed by atoms with Crippen molar-refractivity contribution in [2.75, 3.05) is 11.9 Å². The van der Waals surface area contributed by atoms with Gasteiger partial charge in [0.2, 0.25) is 0 Å². The van der Waals surface area contributed by atoms with Gasteiger partial charge in [0.15, 0.2) is 6.10 Å². The lowest BCUT2D eigenvalue weighted by molar-refractivity contribution is -0.148. The SMILES string of the molecule is C=CCOc1ccc(/C=C/C(=O)OC(C)C(=O)Nc2cccc(C)c2)cc1. The smallest absolute Gasteiger partial charge is 0.331 e. The number of carbonyl (C=O) groups excluding carboxylic acids is 2. The van der Waals surface area contributed by atoms with E-state index in [9.17, 15) is 9.59 Å². The summed E-state index contributed by atoms with van der Waals surface area (Å²) in [5.74, 6) is -0.254. The van der Waals surface area contributed by atoms with Gasteiger partial charge in [-0.25, -0.2) is 4.79 Å². The second kappa shape index (κ2) is 9.97. The van der Waals surface area contributed by atoms with Gasteiger partial charge in [-0.15, -0.1) is 0 Å². The van der Waals surface area contributed by atoms with Crippen LogP contribution in [0.3, 0.4) is 0 Å². The minimum Gasteiger partial charge on any atom is -0.490 e. The molecule has 2 aromatic carbocycles. The second-order valence-electron chi connectivity index (χ2n) is 5.94. The average molecular weight is 365 g/mol. The Balaban J connectivity index is 1.85. The number of benzene rings is 2. The minimum absolute atomic E-state index is 0.383. The first kappa shape index (κ1) is 20.0. The summed E-state index contributed by atoms with van der Waals surface area (Å²) < 4.78 is 10.5. The van der Waals surface area contributed by atoms with E-state index in [0.717, 1.165) is 16.9 Å². The van der Waals surface area contributed by atoms with Crippen molar-refractivity contribution in [1.82, 2.24) is 0 Å². The Hall–Kier alpha value is -3.34. The van der Waals surface area contributed by atoms with Gasteiger partial charge in [0.1, 0.15) is 12.4 Å². The number of esters is 1. The van der Waals surface area contributed by atoms with Crippen LogP contribution in [0.2, 0.25) is 0 Å². The Kier molecular flexibility index (Phi) is 7.37. The van der Waals surface area contributed by atoms with Crippen LogP contribution in [-0.2, 0) is 14.3 Å². The standard InChI is InChI=1S/C22H23NO4/c1-4-14-26-20-11-8-18(9-12-20)10-13-21(24)27-17(3)22(25)23-19-7-5-6-16(2)15-19/h4-13,15,17H,1,14H2,2-3H3,(H,23,25)/b13-10+. The third-order valence-corrected chi connectivity index (χ3v) is 3.61. The summed E-state index contributed by atoms with van der Waals surface area (Å²) in [4.78, 5) is 24.0. The van der Waals surface area contributed by atoms with Crippen LogP contribution in [0.1, 0.15) is 18.1 Å². The predicted molar refractivity (Wildman–Crippen MR) is 107 cm³/mol. The Morgan fingerprint density at radius 3 is 2.59 bits per heavy atom. The fourth-order valence-corrected chi connectivity index (χ4v) is 2.23. The molecule has 2 aromatic rings. The van der Waals surface area contributed by atoms with Crippen molar-refractivity contribution in [3.8, 4) is 5.75 Å². The van der Waals surface area contributed by atoms with Gasteiger partial charge in [-0.3, -0.25) is 4.79 Å². The summed E-state index contributed by atoms with van der Waals surface area (Å²) in [6.45, 7) is 7.49. The first-order chi connectivity index (χ1) is 13.0. The van der Waals surface area contributed by atoms with E-state index in [1.165, 1.54) is 13.0 Å². The molecule has 1 N–H and O–H groups in total. The molecule has 1 atom stereocenters. The Morgan fingerprint density at radius 1 is 1.19 bits per heavy atom. The first-order valence-electron chi connectivity index (χ1n) is 8.58. The van der Waals surface area contributed by atoms with Crippen LogP contribution in [0, 0.1) is 6.92 Å². The lowest BCUT2D eigenvalue weighted by Gasteiger charge is -2.12. The fraction of sp³-hybridized carbons (Fsp3) is 0.182. The maximum atomic E-state index is 12.1. The van der Waals surface area contributed by atoms with Gasteiger partial charge >= 0.3 is 5.97 Å². The number of nitrogens with one attached hydrogen (secondary N) is 1. The molecular weight excluding hydrogens is 342 g/mol. The maximum absolute atomic E-state index is 12.1. The van der Waals surface area contributed by atoms with Crippen molar-refractivity contribution in [3.63, 3.8) is 0 Å². The summed E-state index contributed by atoms with van der Waals surface area (Å²) in [7, 11) is 0. The molecule has 27 heavy (non-hydrogen) atoms. The van der Waals surface area contributed by atoms with E-state index >= 15 is 0 Å². The highest BCUT2D eigenvalue weighted by Crippen LogP contribution is 2.14. The molecule has 0 aliphatic carbocycles. The van der Waals surface area contributed by atoms with E-state index in [1.807, 2.05) is 37.3 Å². The zero-order valence-corrected chi connectivity index (χ0v) is 15.5. The Morgan fingerprint density at radius 2 is 1.93 bits per heavy atom. The number of amides is 1. The molecule has 1 unspecified atom stereocenters. The zero-order chi connectivity index (χ0) is 19.6. The van der Waals surface area contributed by atoms with Gasteiger partial charge < -0.3 is 14.8 Å². The predicted octanol–water partition coefficient (Wildman–Crippen LogP) is 4.14. The molecule has 140 valence electrons. The summed E-state index contributed by atoms with van der Waals surface area (Å²) in [5.41, 5.74) is 2.51. The van der Waals surface area contributed by atoms with Crippen LogP contribution in [0.4, 0.5) is 5.69 Å². The van der Waals surface area contributed by atoms with E-state index < -0.39 is 12.1 Å². The molecule has 5 heteroatoms. The number of hydrogen-bond donors (Lipinski definition) is 1. The number of ether oxygens (including phenoxy) is 2. The van der Waals surface area contributed by atoms with Gasteiger partial charge in [0.25, 0.3) is 5.91 Å². The van der Waals surface area contributed by atoms with E-state index in [1.54, 1.807) is 30.4 Å². The molecule has 0 aliphatic heterocycles. The maximum Gasteiger partial charge on any atom is 0.331 e. The molecule has 0 heterocycles. The molecule has 0 fully saturated rings. The summed E-state index contributed by atoms with van der Waals surface area (Å²) in [6.07, 6.45) is 3.67. The van der Waals surface area contributed by atoms with E-state index in [0.29, 0.717) is 12.3 Å². The van der Waals surface area contributed by atoms with Crippen molar-refractivity contribution in [3.05, 3.63) is 78.4 Å². The summed E-state index contributed by atoms with van der Waals surface area (Å²) >= 11 is 0. The highest BCUT2D eigenvalue weighted by Gasteiger charge is 2.16. The van der Waals surface area contributed by atoms with E-state index in [4.69, 9.17) is 9.47 Å². The molecule has 0 saturated carbocycles. The number of carbonyl (C=O) groups is 2. The highest BCUT2D eigenvalue weighted by atomic mass is 16.5. The third-order valence-electron chi connectivity index (χ3n) is 3.61. The van der Waals surface area contributed by atoms with Gasteiger partial charge in [0.05, 0.1) is 0 Å². The topological polar surface area (TPSA) is 64.6 Å². The van der Waals surface area contributed by atoms with Crippen LogP contribution < -0.4 is 10.1 Å². The fourth-order valence-electron chi connectivity index (χ4n) is 2.23. The molecule has 0 radical (unpaired) electrons. The van der Waals surface area contributed by atoms with Crippen molar-refractivity contribution in [2.24, 2.45) is 0 Å². The largest absolute Gasteiger partial charge is 0.490 e. The van der Waals surface area contributed by atoms with Crippen molar-refractivity contribution in [1.29, 1.82) is 0 Å². The monoisotopic (exact) mass is 365 g/mol. The van der Waals surface area contributed by atoms with Gasteiger partial charge in [-0.2, -0.15) is 0 Å². The summed E-state index contributed by atoms with van der Waals surface area (Å²) in [6, 6.07) is 14.6.